The molecule has 9 heteroatoms. The molecule has 0 unspecified atom stereocenters. The van der Waals surface area contributed by atoms with Gasteiger partial charge in [0.25, 0.3) is 11.1 Å². The van der Waals surface area contributed by atoms with Crippen LogP contribution in [0.4, 0.5) is 10.5 Å². The number of methoxy groups -OCH3 is 1. The van der Waals surface area contributed by atoms with Gasteiger partial charge in [-0.15, -0.1) is 0 Å². The lowest BCUT2D eigenvalue weighted by Gasteiger charge is -2.14. The second-order valence-electron chi connectivity index (χ2n) is 5.87. The Kier molecular flexibility index (Phi) is 6.60. The van der Waals surface area contributed by atoms with Crippen LogP contribution in [0.2, 0.25) is 0 Å². The molecule has 1 saturated heterocycles. The lowest BCUT2D eigenvalue weighted by Crippen LogP contribution is -2.27. The molecule has 1 aliphatic heterocycles. The number of nitrogens with zero attached hydrogens (tertiary/aromatic N) is 1. The van der Waals surface area contributed by atoms with Crippen LogP contribution in [0.3, 0.4) is 0 Å². The minimum atomic E-state index is -0.957. The molecule has 1 N–H and O–H groups in total. The highest BCUT2D eigenvalue weighted by molar-refractivity contribution is 9.10. The summed E-state index contributed by atoms with van der Waals surface area (Å²) in [5.74, 6) is -0.574. The average molecular weight is 478 g/mol. The lowest BCUT2D eigenvalue weighted by atomic mass is 10.1. The van der Waals surface area contributed by atoms with Crippen molar-refractivity contribution in [3.63, 3.8) is 0 Å². The second-order valence-corrected chi connectivity index (χ2v) is 7.72. The van der Waals surface area contributed by atoms with Crippen LogP contribution in [0, 0.1) is 0 Å². The molecule has 2 aromatic carbocycles. The molecule has 2 amide bonds. The molecule has 1 aliphatic rings. The zero-order valence-electron chi connectivity index (χ0n) is 15.3. The normalized spacial score (nSPS) is 15.1. The first kappa shape index (κ1) is 20.9. The van der Waals surface area contributed by atoms with Crippen molar-refractivity contribution in [2.75, 3.05) is 18.6 Å². The number of benzene rings is 2. The lowest BCUT2D eigenvalue weighted by molar-refractivity contribution is -0.137. The number of aliphatic carboxylic acids is 1. The molecule has 7 nitrogen and oxygen atoms in total. The number of hydrogen-bond donors (Lipinski definition) is 1. The number of thioether (sulfide) groups is 1. The van der Waals surface area contributed by atoms with Crippen LogP contribution in [0.5, 0.6) is 11.5 Å². The number of rotatable bonds is 7. The van der Waals surface area contributed by atoms with Crippen LogP contribution in [0.1, 0.15) is 12.0 Å². The Morgan fingerprint density at radius 2 is 1.97 bits per heavy atom. The van der Waals surface area contributed by atoms with E-state index in [9.17, 15) is 14.4 Å². The first-order valence-corrected chi connectivity index (χ1v) is 10.1. The summed E-state index contributed by atoms with van der Waals surface area (Å²) in [6.07, 6.45) is 1.47. The van der Waals surface area contributed by atoms with E-state index >= 15 is 0 Å². The summed E-state index contributed by atoms with van der Waals surface area (Å²) in [7, 11) is 1.46. The van der Waals surface area contributed by atoms with Gasteiger partial charge in [-0.25, -0.2) is 4.90 Å². The van der Waals surface area contributed by atoms with E-state index in [0.717, 1.165) is 16.7 Å². The molecule has 0 radical (unpaired) electrons. The summed E-state index contributed by atoms with van der Waals surface area (Å²) in [4.78, 5) is 37.2. The first-order valence-electron chi connectivity index (χ1n) is 8.46. The van der Waals surface area contributed by atoms with E-state index in [4.69, 9.17) is 14.6 Å². The SMILES string of the molecule is COc1cc(/C=C2/SC(=O)N(c3ccccc3Br)C2=O)ccc1OCCC(=O)O. The fourth-order valence-corrected chi connectivity index (χ4v) is 3.90. The van der Waals surface area contributed by atoms with E-state index in [1.54, 1.807) is 48.5 Å². The van der Waals surface area contributed by atoms with Gasteiger partial charge in [-0.2, -0.15) is 0 Å². The van der Waals surface area contributed by atoms with Gasteiger partial charge in [0.1, 0.15) is 0 Å². The number of ether oxygens (including phenoxy) is 2. The number of carbonyl (C=O) groups is 3. The molecule has 3 rings (SSSR count). The molecule has 0 spiro atoms. The van der Waals surface area contributed by atoms with Crippen molar-refractivity contribution in [1.29, 1.82) is 0 Å². The first-order chi connectivity index (χ1) is 13.9. The predicted molar refractivity (Wildman–Crippen MR) is 113 cm³/mol. The van der Waals surface area contributed by atoms with Gasteiger partial charge < -0.3 is 14.6 Å². The molecule has 2 aromatic rings. The van der Waals surface area contributed by atoms with Crippen LogP contribution >= 0.6 is 27.7 Å². The minimum absolute atomic E-state index is 0.00980. The van der Waals surface area contributed by atoms with Gasteiger partial charge in [-0.3, -0.25) is 14.4 Å². The molecule has 1 fully saturated rings. The summed E-state index contributed by atoms with van der Waals surface area (Å²) >= 11 is 4.22. The molecule has 0 aliphatic carbocycles. The Morgan fingerprint density at radius 1 is 1.21 bits per heavy atom. The molecular weight excluding hydrogens is 462 g/mol. The van der Waals surface area contributed by atoms with Crippen molar-refractivity contribution in [2.45, 2.75) is 6.42 Å². The molecule has 150 valence electrons. The van der Waals surface area contributed by atoms with Crippen molar-refractivity contribution in [2.24, 2.45) is 0 Å². The van der Waals surface area contributed by atoms with Crippen LogP contribution in [0.15, 0.2) is 51.8 Å². The third-order valence-corrected chi connectivity index (χ3v) is 5.49. The fraction of sp³-hybridized carbons (Fsp3) is 0.150. The average Bonchev–Trinajstić information content (AvgIpc) is 2.96. The highest BCUT2D eigenvalue weighted by Crippen LogP contribution is 2.39. The van der Waals surface area contributed by atoms with Gasteiger partial charge in [0.05, 0.1) is 30.7 Å². The van der Waals surface area contributed by atoms with Gasteiger partial charge in [0.15, 0.2) is 11.5 Å². The quantitative estimate of drug-likeness (QED) is 0.584. The maximum atomic E-state index is 12.8. The van der Waals surface area contributed by atoms with E-state index in [1.807, 2.05) is 0 Å². The van der Waals surface area contributed by atoms with Crippen LogP contribution in [0.25, 0.3) is 6.08 Å². The Hall–Kier alpha value is -2.78. The van der Waals surface area contributed by atoms with E-state index in [2.05, 4.69) is 15.9 Å². The van der Waals surface area contributed by atoms with E-state index < -0.39 is 11.9 Å². The van der Waals surface area contributed by atoms with E-state index in [-0.39, 0.29) is 23.2 Å². The summed E-state index contributed by atoms with van der Waals surface area (Å²) in [6, 6.07) is 12.0. The Labute approximate surface area is 179 Å². The zero-order valence-corrected chi connectivity index (χ0v) is 17.7. The zero-order chi connectivity index (χ0) is 21.0. The Balaban J connectivity index is 1.83. The number of imide groups is 1. The third-order valence-electron chi connectivity index (χ3n) is 3.95. The number of halogens is 1. The molecule has 0 bridgehead atoms. The van der Waals surface area contributed by atoms with Gasteiger partial charge in [0.2, 0.25) is 0 Å². The number of amides is 2. The predicted octanol–water partition coefficient (Wildman–Crippen LogP) is 4.55. The molecule has 29 heavy (non-hydrogen) atoms. The third kappa shape index (κ3) is 4.80. The van der Waals surface area contributed by atoms with Gasteiger partial charge in [-0.1, -0.05) is 18.2 Å². The van der Waals surface area contributed by atoms with Gasteiger partial charge in [0, 0.05) is 4.47 Å². The highest BCUT2D eigenvalue weighted by atomic mass is 79.9. The van der Waals surface area contributed by atoms with Crippen LogP contribution < -0.4 is 14.4 Å². The minimum Gasteiger partial charge on any atom is -0.493 e. The van der Waals surface area contributed by atoms with Gasteiger partial charge in [-0.05, 0) is 63.6 Å². The monoisotopic (exact) mass is 477 g/mol. The molecular formula is C20H16BrNO6S. The topological polar surface area (TPSA) is 93.1 Å². The number of para-hydroxylation sites is 1. The number of anilines is 1. The standard InChI is InChI=1S/C20H16BrNO6S/c1-27-16-10-12(6-7-15(16)28-9-8-18(23)24)11-17-19(25)22(20(26)29-17)14-5-3-2-4-13(14)21/h2-7,10-11H,8-9H2,1H3,(H,23,24)/b17-11+. The van der Waals surface area contributed by atoms with Crippen molar-refractivity contribution in [3.8, 4) is 11.5 Å². The number of carbonyl (C=O) groups excluding carboxylic acids is 2. The largest absolute Gasteiger partial charge is 0.493 e. The summed E-state index contributed by atoms with van der Waals surface area (Å²) in [6.45, 7) is 0.00980. The maximum Gasteiger partial charge on any atom is 0.306 e. The number of carboxylic acid groups (broad SMARTS) is 1. The Morgan fingerprint density at radius 3 is 2.66 bits per heavy atom. The van der Waals surface area contributed by atoms with E-state index in [0.29, 0.717) is 27.2 Å². The smallest absolute Gasteiger partial charge is 0.306 e. The molecule has 0 saturated carbocycles. The summed E-state index contributed by atoms with van der Waals surface area (Å²) in [5.41, 5.74) is 1.13. The summed E-state index contributed by atoms with van der Waals surface area (Å²) in [5, 5.41) is 8.32. The van der Waals surface area contributed by atoms with Crippen molar-refractivity contribution >= 4 is 56.6 Å². The second kappa shape index (κ2) is 9.15. The highest BCUT2D eigenvalue weighted by Gasteiger charge is 2.37. The van der Waals surface area contributed by atoms with Crippen LogP contribution in [-0.4, -0.2) is 35.9 Å². The number of carboxylic acids is 1. The summed E-state index contributed by atoms with van der Waals surface area (Å²) < 4.78 is 11.4. The maximum absolute atomic E-state index is 12.8. The van der Waals surface area contributed by atoms with Crippen molar-refractivity contribution in [3.05, 3.63) is 57.4 Å². The molecule has 0 atom stereocenters. The molecule has 0 aromatic heterocycles. The Bertz CT molecular complexity index is 1010. The van der Waals surface area contributed by atoms with Gasteiger partial charge >= 0.3 is 5.97 Å². The van der Waals surface area contributed by atoms with Crippen LogP contribution in [-0.2, 0) is 9.59 Å². The number of hydrogen-bond acceptors (Lipinski definition) is 6. The fourth-order valence-electron chi connectivity index (χ4n) is 2.60. The van der Waals surface area contributed by atoms with Crippen molar-refractivity contribution < 1.29 is 29.0 Å². The van der Waals surface area contributed by atoms with Crippen molar-refractivity contribution in [1.82, 2.24) is 0 Å². The molecule has 1 heterocycles. The van der Waals surface area contributed by atoms with E-state index in [1.165, 1.54) is 7.11 Å².